The number of rotatable bonds is 8. The fraction of sp³-hybridized carbons (Fsp3) is 0.0769. The van der Waals surface area contributed by atoms with E-state index in [2.05, 4.69) is 39.3 Å². The largest absolute Gasteiger partial charge is 0.396 e. The lowest BCUT2D eigenvalue weighted by Gasteiger charge is -2.09. The molecule has 0 aliphatic heterocycles. The van der Waals surface area contributed by atoms with Crippen LogP contribution < -0.4 is 21.5 Å². The Morgan fingerprint density at radius 3 is 2.42 bits per heavy atom. The van der Waals surface area contributed by atoms with Gasteiger partial charge in [0.2, 0.25) is 0 Å². The van der Waals surface area contributed by atoms with Crippen molar-refractivity contribution in [1.29, 1.82) is 0 Å². The van der Waals surface area contributed by atoms with Crippen LogP contribution in [0.15, 0.2) is 95.9 Å². The van der Waals surface area contributed by atoms with Gasteiger partial charge < -0.3 is 16.8 Å². The van der Waals surface area contributed by atoms with Crippen LogP contribution in [0.1, 0.15) is 15.9 Å². The van der Waals surface area contributed by atoms with Gasteiger partial charge in [0.15, 0.2) is 0 Å². The predicted octanol–water partition coefficient (Wildman–Crippen LogP) is 5.00. The van der Waals surface area contributed by atoms with Gasteiger partial charge in [-0.05, 0) is 72.5 Å². The highest BCUT2D eigenvalue weighted by molar-refractivity contribution is 7.97. The highest BCUT2D eigenvalue weighted by Crippen LogP contribution is 2.23. The van der Waals surface area contributed by atoms with Crippen molar-refractivity contribution in [2.75, 3.05) is 23.3 Å². The van der Waals surface area contributed by atoms with Crippen LogP contribution in [0.3, 0.4) is 0 Å². The Kier molecular flexibility index (Phi) is 7.24. The molecule has 6 N–H and O–H groups in total. The first-order valence-electron chi connectivity index (χ1n) is 10.6. The molecule has 3 aromatic carbocycles. The number of carbonyl (C=O) groups is 1. The smallest absolute Gasteiger partial charge is 0.255 e. The Labute approximate surface area is 197 Å². The number of amides is 1. The third-order valence-electron chi connectivity index (χ3n) is 5.04. The number of pyridine rings is 1. The monoisotopic (exact) mass is 455 g/mol. The van der Waals surface area contributed by atoms with Gasteiger partial charge in [-0.2, -0.15) is 0 Å². The molecule has 0 unspecified atom stereocenters. The van der Waals surface area contributed by atoms with E-state index in [4.69, 9.17) is 11.5 Å². The zero-order valence-electron chi connectivity index (χ0n) is 18.0. The second-order valence-corrected chi connectivity index (χ2v) is 8.43. The van der Waals surface area contributed by atoms with Gasteiger partial charge in [0.25, 0.3) is 5.91 Å². The van der Waals surface area contributed by atoms with Crippen LogP contribution in [0.2, 0.25) is 0 Å². The van der Waals surface area contributed by atoms with Gasteiger partial charge >= 0.3 is 0 Å². The molecule has 1 heterocycles. The quantitative estimate of drug-likeness (QED) is 0.220. The molecule has 4 rings (SSSR count). The Hall–Kier alpha value is -3.81. The van der Waals surface area contributed by atoms with Crippen LogP contribution in [0, 0.1) is 0 Å². The summed E-state index contributed by atoms with van der Waals surface area (Å²) in [5.41, 5.74) is 16.0. The highest BCUT2D eigenvalue weighted by Gasteiger charge is 2.09. The number of aromatic nitrogens is 1. The summed E-state index contributed by atoms with van der Waals surface area (Å²) in [5.74, 6) is 0.0801. The van der Waals surface area contributed by atoms with Crippen molar-refractivity contribution in [2.45, 2.75) is 11.3 Å². The Morgan fingerprint density at radius 2 is 1.67 bits per heavy atom. The average molecular weight is 456 g/mol. The SMILES string of the molecule is Nc1ccc(-c2cccc(C(=O)Nc3ccc(SNCCc4ccccc4)cc3)c2)nc1N. The average Bonchev–Trinajstić information content (AvgIpc) is 2.85. The number of hydrogen-bond donors (Lipinski definition) is 4. The van der Waals surface area contributed by atoms with Crippen molar-refractivity contribution < 1.29 is 4.79 Å². The number of nitrogens with two attached hydrogens (primary N) is 2. The van der Waals surface area contributed by atoms with E-state index in [1.54, 1.807) is 36.2 Å². The van der Waals surface area contributed by atoms with Gasteiger partial charge in [0.05, 0.1) is 11.4 Å². The summed E-state index contributed by atoms with van der Waals surface area (Å²) < 4.78 is 3.37. The summed E-state index contributed by atoms with van der Waals surface area (Å²) in [6, 6.07) is 28.9. The molecule has 0 aliphatic carbocycles. The lowest BCUT2D eigenvalue weighted by Crippen LogP contribution is -2.12. The van der Waals surface area contributed by atoms with Crippen LogP contribution in [0.25, 0.3) is 11.3 Å². The molecule has 0 aliphatic rings. The topological polar surface area (TPSA) is 106 Å². The molecule has 0 bridgehead atoms. The molecule has 33 heavy (non-hydrogen) atoms. The first kappa shape index (κ1) is 22.4. The summed E-state index contributed by atoms with van der Waals surface area (Å²) in [6.45, 7) is 0.873. The molecular weight excluding hydrogens is 430 g/mol. The Bertz CT molecular complexity index is 1230. The third-order valence-corrected chi connectivity index (χ3v) is 5.90. The Balaban J connectivity index is 1.32. The minimum Gasteiger partial charge on any atom is -0.396 e. The lowest BCUT2D eigenvalue weighted by atomic mass is 10.1. The molecule has 0 spiro atoms. The first-order chi connectivity index (χ1) is 16.1. The van der Waals surface area contributed by atoms with E-state index in [1.165, 1.54) is 5.56 Å². The van der Waals surface area contributed by atoms with Gasteiger partial charge in [-0.25, -0.2) is 4.98 Å². The summed E-state index contributed by atoms with van der Waals surface area (Å²) in [5, 5.41) is 2.94. The molecule has 1 amide bonds. The third kappa shape index (κ3) is 6.12. The number of carbonyl (C=O) groups excluding carboxylic acids is 1. The minimum atomic E-state index is -0.193. The first-order valence-corrected chi connectivity index (χ1v) is 11.4. The van der Waals surface area contributed by atoms with Crippen molar-refractivity contribution in [1.82, 2.24) is 9.71 Å². The maximum absolute atomic E-state index is 12.8. The maximum Gasteiger partial charge on any atom is 0.255 e. The number of nitrogen functional groups attached to an aromatic ring is 2. The van der Waals surface area contributed by atoms with Gasteiger partial charge in [-0.1, -0.05) is 42.5 Å². The molecule has 166 valence electrons. The van der Waals surface area contributed by atoms with Gasteiger partial charge in [0.1, 0.15) is 5.82 Å². The number of anilines is 3. The van der Waals surface area contributed by atoms with E-state index >= 15 is 0 Å². The fourth-order valence-corrected chi connectivity index (χ4v) is 3.89. The highest BCUT2D eigenvalue weighted by atomic mass is 32.2. The number of hydrogen-bond acceptors (Lipinski definition) is 6. The van der Waals surface area contributed by atoms with E-state index < -0.39 is 0 Å². The van der Waals surface area contributed by atoms with Crippen molar-refractivity contribution in [3.63, 3.8) is 0 Å². The van der Waals surface area contributed by atoms with Crippen LogP contribution in [-0.4, -0.2) is 17.4 Å². The van der Waals surface area contributed by atoms with Crippen LogP contribution in [-0.2, 0) is 6.42 Å². The second kappa shape index (κ2) is 10.7. The van der Waals surface area contributed by atoms with Gasteiger partial charge in [-0.3, -0.25) is 9.52 Å². The zero-order chi connectivity index (χ0) is 23.0. The molecule has 0 atom stereocenters. The normalized spacial score (nSPS) is 10.7. The molecular formula is C26H25N5OS. The van der Waals surface area contributed by atoms with E-state index in [-0.39, 0.29) is 11.7 Å². The molecule has 6 nitrogen and oxygen atoms in total. The second-order valence-electron chi connectivity index (χ2n) is 7.46. The van der Waals surface area contributed by atoms with Crippen LogP contribution in [0.5, 0.6) is 0 Å². The van der Waals surface area contributed by atoms with E-state index in [9.17, 15) is 4.79 Å². The summed E-state index contributed by atoms with van der Waals surface area (Å²) >= 11 is 1.58. The van der Waals surface area contributed by atoms with Crippen LogP contribution >= 0.6 is 11.9 Å². The molecule has 0 saturated carbocycles. The summed E-state index contributed by atoms with van der Waals surface area (Å²) in [6.07, 6.45) is 0.972. The van der Waals surface area contributed by atoms with Gasteiger partial charge in [0, 0.05) is 28.3 Å². The predicted molar refractivity (Wildman–Crippen MR) is 137 cm³/mol. The summed E-state index contributed by atoms with van der Waals surface area (Å²) in [7, 11) is 0. The lowest BCUT2D eigenvalue weighted by molar-refractivity contribution is 0.102. The van der Waals surface area contributed by atoms with Crippen molar-refractivity contribution in [3.8, 4) is 11.3 Å². The molecule has 7 heteroatoms. The standard InChI is InChI=1S/C26H25N5OS/c27-23-13-14-24(31-25(23)28)19-7-4-8-20(17-19)26(32)30-21-9-11-22(12-10-21)33-29-16-15-18-5-2-1-3-6-18/h1-14,17,29H,15-16,27H2,(H2,28,31)(H,30,32). The minimum absolute atomic E-state index is 0.193. The molecule has 0 radical (unpaired) electrons. The molecule has 4 aromatic rings. The van der Waals surface area contributed by atoms with Crippen molar-refractivity contribution >= 4 is 35.0 Å². The van der Waals surface area contributed by atoms with Crippen molar-refractivity contribution in [2.24, 2.45) is 0 Å². The molecule has 0 saturated heterocycles. The number of nitrogens with one attached hydrogen (secondary N) is 2. The van der Waals surface area contributed by atoms with E-state index in [1.807, 2.05) is 42.5 Å². The van der Waals surface area contributed by atoms with Gasteiger partial charge in [-0.15, -0.1) is 0 Å². The fourth-order valence-electron chi connectivity index (χ4n) is 3.25. The van der Waals surface area contributed by atoms with Crippen LogP contribution in [0.4, 0.5) is 17.2 Å². The van der Waals surface area contributed by atoms with E-state index in [0.29, 0.717) is 16.9 Å². The van der Waals surface area contributed by atoms with Crippen molar-refractivity contribution in [3.05, 3.63) is 102 Å². The summed E-state index contributed by atoms with van der Waals surface area (Å²) in [4.78, 5) is 18.1. The zero-order valence-corrected chi connectivity index (χ0v) is 18.8. The Morgan fingerprint density at radius 1 is 0.879 bits per heavy atom. The number of nitrogens with zero attached hydrogens (tertiary/aromatic N) is 1. The van der Waals surface area contributed by atoms with E-state index in [0.717, 1.165) is 29.1 Å². The molecule has 0 fully saturated rings. The molecule has 1 aromatic heterocycles. The maximum atomic E-state index is 12.8. The number of benzene rings is 3.